The van der Waals surface area contributed by atoms with Crippen molar-refractivity contribution in [3.63, 3.8) is 0 Å². The van der Waals surface area contributed by atoms with Gasteiger partial charge in [0.1, 0.15) is 0 Å². The average molecular weight is 196 g/mol. The molecule has 0 saturated carbocycles. The molecule has 1 aromatic heterocycles. The van der Waals surface area contributed by atoms with Crippen molar-refractivity contribution in [1.29, 1.82) is 0 Å². The summed E-state index contributed by atoms with van der Waals surface area (Å²) >= 11 is 0. The number of ketones is 1. The van der Waals surface area contributed by atoms with Gasteiger partial charge in [-0.1, -0.05) is 20.8 Å². The quantitative estimate of drug-likeness (QED) is 0.633. The van der Waals surface area contributed by atoms with E-state index >= 15 is 0 Å². The maximum absolute atomic E-state index is 11.7. The lowest BCUT2D eigenvalue weighted by Crippen LogP contribution is -2.32. The van der Waals surface area contributed by atoms with E-state index in [0.29, 0.717) is 0 Å². The predicted molar refractivity (Wildman–Crippen MR) is 51.5 cm³/mol. The Labute approximate surface area is 80.2 Å². The second kappa shape index (κ2) is 3.25. The summed E-state index contributed by atoms with van der Waals surface area (Å²) in [6.45, 7) is 5.12. The van der Waals surface area contributed by atoms with Crippen molar-refractivity contribution >= 4 is 5.78 Å². The largest absolute Gasteiger partial charge is 0.325 e. The Balaban J connectivity index is 3.29. The molecule has 14 heavy (non-hydrogen) atoms. The molecule has 1 heterocycles. The van der Waals surface area contributed by atoms with Crippen molar-refractivity contribution in [3.05, 3.63) is 32.6 Å². The average Bonchev–Trinajstić information content (AvgIpc) is 2.01. The van der Waals surface area contributed by atoms with Crippen molar-refractivity contribution in [2.75, 3.05) is 0 Å². The Morgan fingerprint density at radius 3 is 2.29 bits per heavy atom. The van der Waals surface area contributed by atoms with E-state index in [1.165, 1.54) is 0 Å². The van der Waals surface area contributed by atoms with E-state index < -0.39 is 16.7 Å². The first-order valence-electron chi connectivity index (χ1n) is 4.19. The molecule has 2 N–H and O–H groups in total. The van der Waals surface area contributed by atoms with Gasteiger partial charge in [-0.05, 0) is 0 Å². The van der Waals surface area contributed by atoms with Crippen molar-refractivity contribution in [2.24, 2.45) is 5.41 Å². The van der Waals surface area contributed by atoms with E-state index in [2.05, 4.69) is 4.98 Å². The van der Waals surface area contributed by atoms with Gasteiger partial charge in [0.15, 0.2) is 5.78 Å². The van der Waals surface area contributed by atoms with Gasteiger partial charge in [-0.25, -0.2) is 4.79 Å². The van der Waals surface area contributed by atoms with Crippen LogP contribution >= 0.6 is 0 Å². The summed E-state index contributed by atoms with van der Waals surface area (Å²) < 4.78 is 0. The molecule has 0 aliphatic rings. The topological polar surface area (TPSA) is 82.8 Å². The third kappa shape index (κ3) is 1.99. The van der Waals surface area contributed by atoms with Gasteiger partial charge < -0.3 is 4.98 Å². The minimum Gasteiger partial charge on any atom is -0.313 e. The van der Waals surface area contributed by atoms with Crippen LogP contribution in [0.5, 0.6) is 0 Å². The molecule has 0 aliphatic carbocycles. The van der Waals surface area contributed by atoms with Gasteiger partial charge >= 0.3 is 5.69 Å². The molecular weight excluding hydrogens is 184 g/mol. The van der Waals surface area contributed by atoms with Crippen LogP contribution in [0.15, 0.2) is 15.8 Å². The van der Waals surface area contributed by atoms with Crippen LogP contribution in [0.2, 0.25) is 0 Å². The van der Waals surface area contributed by atoms with E-state index in [1.54, 1.807) is 20.8 Å². The Bertz CT molecular complexity index is 462. The van der Waals surface area contributed by atoms with E-state index in [0.717, 1.165) is 6.20 Å². The van der Waals surface area contributed by atoms with Crippen molar-refractivity contribution < 1.29 is 4.79 Å². The summed E-state index contributed by atoms with van der Waals surface area (Å²) in [5.74, 6) is -0.296. The fourth-order valence-corrected chi connectivity index (χ4v) is 0.982. The van der Waals surface area contributed by atoms with Gasteiger partial charge in [0.25, 0.3) is 5.56 Å². The molecular formula is C9H12N2O3. The summed E-state index contributed by atoms with van der Waals surface area (Å²) in [6.07, 6.45) is 1.15. The molecule has 0 spiro atoms. The molecule has 0 amide bonds. The minimum atomic E-state index is -0.645. The van der Waals surface area contributed by atoms with Crippen LogP contribution in [0.25, 0.3) is 0 Å². The molecule has 5 heteroatoms. The van der Waals surface area contributed by atoms with Gasteiger partial charge in [-0.2, -0.15) is 0 Å². The smallest absolute Gasteiger partial charge is 0.313 e. The van der Waals surface area contributed by atoms with Gasteiger partial charge in [0.2, 0.25) is 0 Å². The van der Waals surface area contributed by atoms with E-state index in [-0.39, 0.29) is 11.3 Å². The van der Waals surface area contributed by atoms with E-state index in [1.807, 2.05) is 4.98 Å². The zero-order valence-corrected chi connectivity index (χ0v) is 8.30. The van der Waals surface area contributed by atoms with Crippen LogP contribution < -0.4 is 11.2 Å². The Kier molecular flexibility index (Phi) is 2.42. The zero-order valence-electron chi connectivity index (χ0n) is 8.30. The second-order valence-corrected chi connectivity index (χ2v) is 4.06. The molecule has 1 rings (SSSR count). The van der Waals surface area contributed by atoms with Crippen LogP contribution in [-0.2, 0) is 0 Å². The number of nitrogens with one attached hydrogen (secondary N) is 2. The van der Waals surface area contributed by atoms with Crippen molar-refractivity contribution in [1.82, 2.24) is 9.97 Å². The maximum atomic E-state index is 11.7. The first-order chi connectivity index (χ1) is 6.32. The summed E-state index contributed by atoms with van der Waals surface area (Å²) in [5, 5.41) is 0. The third-order valence-electron chi connectivity index (χ3n) is 1.75. The summed E-state index contributed by atoms with van der Waals surface area (Å²) in [4.78, 5) is 37.8. The number of H-pyrrole nitrogens is 2. The maximum Gasteiger partial charge on any atom is 0.325 e. The zero-order chi connectivity index (χ0) is 10.9. The van der Waals surface area contributed by atoms with E-state index in [4.69, 9.17) is 0 Å². The lowest BCUT2D eigenvalue weighted by Gasteiger charge is -2.15. The first kappa shape index (κ1) is 10.4. The molecule has 0 aliphatic heterocycles. The number of hydrogen-bond donors (Lipinski definition) is 2. The standard InChI is InChI=1S/C9H12N2O3/c1-9(2,3)6(12)5-4-10-8(14)11-7(5)13/h4H,1-3H3,(H2,10,11,13,14). The second-order valence-electron chi connectivity index (χ2n) is 4.06. The Morgan fingerprint density at radius 2 is 1.86 bits per heavy atom. The summed E-state index contributed by atoms with van der Waals surface area (Å²) in [5.41, 5.74) is -1.91. The number of rotatable bonds is 1. The number of aromatic nitrogens is 2. The highest BCUT2D eigenvalue weighted by Gasteiger charge is 2.25. The van der Waals surface area contributed by atoms with Gasteiger partial charge in [0, 0.05) is 11.6 Å². The third-order valence-corrected chi connectivity index (χ3v) is 1.75. The fourth-order valence-electron chi connectivity index (χ4n) is 0.982. The molecule has 0 radical (unpaired) electrons. The lowest BCUT2D eigenvalue weighted by atomic mass is 9.87. The molecule has 0 atom stereocenters. The highest BCUT2D eigenvalue weighted by molar-refractivity contribution is 5.99. The van der Waals surface area contributed by atoms with Crippen LogP contribution in [0.1, 0.15) is 31.1 Å². The highest BCUT2D eigenvalue weighted by Crippen LogP contribution is 2.17. The molecule has 5 nitrogen and oxygen atoms in total. The number of Topliss-reactive ketones (excluding diaryl/α,β-unsaturated/α-hetero) is 1. The molecule has 1 aromatic rings. The number of aromatic amines is 2. The highest BCUT2D eigenvalue weighted by atomic mass is 16.2. The normalized spacial score (nSPS) is 11.4. The predicted octanol–water partition coefficient (Wildman–Crippen LogP) is 0.292. The van der Waals surface area contributed by atoms with Gasteiger partial charge in [0.05, 0.1) is 5.56 Å². The minimum absolute atomic E-state index is 0.0166. The van der Waals surface area contributed by atoms with Gasteiger partial charge in [-0.3, -0.25) is 14.6 Å². The van der Waals surface area contributed by atoms with E-state index in [9.17, 15) is 14.4 Å². The Hall–Kier alpha value is -1.65. The van der Waals surface area contributed by atoms with Crippen molar-refractivity contribution in [2.45, 2.75) is 20.8 Å². The molecule has 0 aromatic carbocycles. The van der Waals surface area contributed by atoms with Crippen molar-refractivity contribution in [3.8, 4) is 0 Å². The fraction of sp³-hybridized carbons (Fsp3) is 0.444. The molecule has 0 saturated heterocycles. The molecule has 76 valence electrons. The molecule has 0 unspecified atom stereocenters. The van der Waals surface area contributed by atoms with Crippen LogP contribution in [0.3, 0.4) is 0 Å². The van der Waals surface area contributed by atoms with Crippen LogP contribution in [-0.4, -0.2) is 15.8 Å². The lowest BCUT2D eigenvalue weighted by molar-refractivity contribution is 0.0856. The van der Waals surface area contributed by atoms with Crippen LogP contribution in [0.4, 0.5) is 0 Å². The monoisotopic (exact) mass is 196 g/mol. The first-order valence-corrected chi connectivity index (χ1v) is 4.19. The SMILES string of the molecule is CC(C)(C)C(=O)c1c[nH]c(=O)[nH]c1=O. The molecule has 0 bridgehead atoms. The van der Waals surface area contributed by atoms with Gasteiger partial charge in [-0.15, -0.1) is 0 Å². The summed E-state index contributed by atoms with van der Waals surface area (Å²) in [7, 11) is 0. The molecule has 0 fully saturated rings. The van der Waals surface area contributed by atoms with Crippen LogP contribution in [0, 0.1) is 5.41 Å². The number of carbonyl (C=O) groups excluding carboxylic acids is 1. The number of hydrogen-bond acceptors (Lipinski definition) is 3. The Morgan fingerprint density at radius 1 is 1.29 bits per heavy atom. The number of carbonyl (C=O) groups is 1. The summed E-state index contributed by atoms with van der Waals surface area (Å²) in [6, 6.07) is 0.